The summed E-state index contributed by atoms with van der Waals surface area (Å²) in [6, 6.07) is 3.92. The molecule has 2 heterocycles. The third-order valence-corrected chi connectivity index (χ3v) is 2.70. The van der Waals surface area contributed by atoms with Crippen molar-refractivity contribution in [2.45, 2.75) is 12.8 Å². The first-order valence-corrected chi connectivity index (χ1v) is 5.03. The van der Waals surface area contributed by atoms with Gasteiger partial charge in [0.15, 0.2) is 0 Å². The van der Waals surface area contributed by atoms with E-state index >= 15 is 0 Å². The number of hydrogen-bond acceptors (Lipinski definition) is 2. The Morgan fingerprint density at radius 3 is 3.08 bits per heavy atom. The number of nitrogens with one attached hydrogen (secondary N) is 1. The molecule has 1 aromatic heterocycles. The maximum Gasteiger partial charge on any atom is 0.129 e. The van der Waals surface area contributed by atoms with Crippen molar-refractivity contribution in [2.75, 3.05) is 13.1 Å². The molecule has 1 N–H and O–H groups in total. The van der Waals surface area contributed by atoms with Crippen LogP contribution in [-0.4, -0.2) is 18.1 Å². The van der Waals surface area contributed by atoms with E-state index in [2.05, 4.69) is 16.4 Å². The highest BCUT2D eigenvalue weighted by Crippen LogP contribution is 2.15. The Morgan fingerprint density at radius 1 is 1.54 bits per heavy atom. The second-order valence-electron chi connectivity index (χ2n) is 3.55. The van der Waals surface area contributed by atoms with Gasteiger partial charge in [-0.2, -0.15) is 0 Å². The predicted molar refractivity (Wildman–Crippen MR) is 53.9 cm³/mol. The Labute approximate surface area is 83.3 Å². The Hall–Kier alpha value is -0.600. The summed E-state index contributed by atoms with van der Waals surface area (Å²) in [5, 5.41) is 3.93. The molecule has 1 aliphatic heterocycles. The van der Waals surface area contributed by atoms with Crippen LogP contribution in [-0.2, 0) is 6.42 Å². The van der Waals surface area contributed by atoms with Crippen molar-refractivity contribution >= 4 is 11.6 Å². The van der Waals surface area contributed by atoms with Crippen LogP contribution >= 0.6 is 11.6 Å². The molecule has 0 radical (unpaired) electrons. The number of hydrogen-bond donors (Lipinski definition) is 1. The quantitative estimate of drug-likeness (QED) is 0.731. The van der Waals surface area contributed by atoms with Crippen LogP contribution in [0.5, 0.6) is 0 Å². The molecule has 1 aromatic rings. The van der Waals surface area contributed by atoms with E-state index in [9.17, 15) is 0 Å². The monoisotopic (exact) mass is 196 g/mol. The van der Waals surface area contributed by atoms with Crippen molar-refractivity contribution in [3.8, 4) is 0 Å². The molecule has 0 saturated carbocycles. The highest BCUT2D eigenvalue weighted by atomic mass is 35.5. The van der Waals surface area contributed by atoms with Crippen molar-refractivity contribution in [1.82, 2.24) is 10.3 Å². The summed E-state index contributed by atoms with van der Waals surface area (Å²) in [5.41, 5.74) is 1.29. The summed E-state index contributed by atoms with van der Waals surface area (Å²) in [6.45, 7) is 2.30. The van der Waals surface area contributed by atoms with Crippen LogP contribution in [0.2, 0.25) is 5.15 Å². The van der Waals surface area contributed by atoms with Crippen molar-refractivity contribution in [3.63, 3.8) is 0 Å². The standard InChI is InChI=1S/C10H13ClN2/c11-10-2-1-8(7-13-10)5-9-3-4-12-6-9/h1-2,7,9,12H,3-6H2. The zero-order valence-electron chi connectivity index (χ0n) is 7.46. The Kier molecular flexibility index (Phi) is 2.81. The molecule has 13 heavy (non-hydrogen) atoms. The molecule has 1 aliphatic rings. The normalized spacial score (nSPS) is 22.1. The maximum atomic E-state index is 5.70. The first kappa shape index (κ1) is 8.97. The molecule has 0 amide bonds. The predicted octanol–water partition coefficient (Wildman–Crippen LogP) is 1.89. The molecule has 0 bridgehead atoms. The molecule has 0 aliphatic carbocycles. The zero-order valence-corrected chi connectivity index (χ0v) is 8.22. The largest absolute Gasteiger partial charge is 0.316 e. The molecule has 1 atom stereocenters. The lowest BCUT2D eigenvalue weighted by molar-refractivity contribution is 0.579. The molecule has 2 rings (SSSR count). The van der Waals surface area contributed by atoms with Gasteiger partial charge in [-0.1, -0.05) is 17.7 Å². The summed E-state index contributed by atoms with van der Waals surface area (Å²) in [7, 11) is 0. The van der Waals surface area contributed by atoms with Crippen molar-refractivity contribution in [2.24, 2.45) is 5.92 Å². The fourth-order valence-corrected chi connectivity index (χ4v) is 1.86. The fraction of sp³-hybridized carbons (Fsp3) is 0.500. The molecule has 3 heteroatoms. The van der Waals surface area contributed by atoms with Gasteiger partial charge in [-0.3, -0.25) is 0 Å². The van der Waals surface area contributed by atoms with E-state index in [4.69, 9.17) is 11.6 Å². The van der Waals surface area contributed by atoms with Crippen LogP contribution in [0.25, 0.3) is 0 Å². The average Bonchev–Trinajstić information content (AvgIpc) is 2.62. The van der Waals surface area contributed by atoms with Gasteiger partial charge in [0.1, 0.15) is 5.15 Å². The molecule has 2 nitrogen and oxygen atoms in total. The Morgan fingerprint density at radius 2 is 2.46 bits per heavy atom. The first-order chi connectivity index (χ1) is 6.34. The van der Waals surface area contributed by atoms with E-state index < -0.39 is 0 Å². The lowest BCUT2D eigenvalue weighted by Crippen LogP contribution is -2.10. The van der Waals surface area contributed by atoms with E-state index in [1.807, 2.05) is 12.3 Å². The maximum absolute atomic E-state index is 5.70. The van der Waals surface area contributed by atoms with E-state index in [0.717, 1.165) is 25.4 Å². The number of nitrogens with zero attached hydrogens (tertiary/aromatic N) is 1. The third-order valence-electron chi connectivity index (χ3n) is 2.48. The van der Waals surface area contributed by atoms with Gasteiger partial charge in [0.25, 0.3) is 0 Å². The fourth-order valence-electron chi connectivity index (χ4n) is 1.75. The Bertz CT molecular complexity index is 265. The summed E-state index contributed by atoms with van der Waals surface area (Å²) in [5.74, 6) is 0.781. The van der Waals surface area contributed by atoms with Gasteiger partial charge in [0.05, 0.1) is 0 Å². The lowest BCUT2D eigenvalue weighted by atomic mass is 10.0. The second kappa shape index (κ2) is 4.07. The number of rotatable bonds is 2. The van der Waals surface area contributed by atoms with E-state index in [1.54, 1.807) is 0 Å². The number of aromatic nitrogens is 1. The average molecular weight is 197 g/mol. The van der Waals surface area contributed by atoms with Crippen LogP contribution in [0, 0.1) is 5.92 Å². The van der Waals surface area contributed by atoms with E-state index in [1.165, 1.54) is 12.0 Å². The van der Waals surface area contributed by atoms with Crippen LogP contribution in [0.3, 0.4) is 0 Å². The third kappa shape index (κ3) is 2.42. The highest BCUT2D eigenvalue weighted by molar-refractivity contribution is 6.29. The molecular weight excluding hydrogens is 184 g/mol. The van der Waals surface area contributed by atoms with Crippen molar-refractivity contribution in [3.05, 3.63) is 29.0 Å². The lowest BCUT2D eigenvalue weighted by Gasteiger charge is -2.06. The minimum atomic E-state index is 0.577. The van der Waals surface area contributed by atoms with Gasteiger partial charge >= 0.3 is 0 Å². The topological polar surface area (TPSA) is 24.9 Å². The van der Waals surface area contributed by atoms with Crippen molar-refractivity contribution in [1.29, 1.82) is 0 Å². The van der Waals surface area contributed by atoms with Crippen molar-refractivity contribution < 1.29 is 0 Å². The smallest absolute Gasteiger partial charge is 0.129 e. The Balaban J connectivity index is 1.97. The first-order valence-electron chi connectivity index (χ1n) is 4.66. The van der Waals surface area contributed by atoms with Gasteiger partial charge < -0.3 is 5.32 Å². The molecule has 1 fully saturated rings. The SMILES string of the molecule is Clc1ccc(CC2CCNC2)cn1. The molecule has 70 valence electrons. The van der Waals surface area contributed by atoms with Gasteiger partial charge in [-0.25, -0.2) is 4.98 Å². The van der Waals surface area contributed by atoms with E-state index in [-0.39, 0.29) is 0 Å². The van der Waals surface area contributed by atoms with Gasteiger partial charge in [0, 0.05) is 6.20 Å². The summed E-state index contributed by atoms with van der Waals surface area (Å²) < 4.78 is 0. The minimum absolute atomic E-state index is 0.577. The summed E-state index contributed by atoms with van der Waals surface area (Å²) >= 11 is 5.70. The van der Waals surface area contributed by atoms with Crippen LogP contribution in [0.1, 0.15) is 12.0 Å². The number of pyridine rings is 1. The van der Waals surface area contributed by atoms with Crippen LogP contribution < -0.4 is 5.32 Å². The molecular formula is C10H13ClN2. The van der Waals surface area contributed by atoms with Gasteiger partial charge in [0.2, 0.25) is 0 Å². The summed E-state index contributed by atoms with van der Waals surface area (Å²) in [4.78, 5) is 4.07. The highest BCUT2D eigenvalue weighted by Gasteiger charge is 2.14. The molecule has 1 unspecified atom stereocenters. The van der Waals surface area contributed by atoms with Crippen LogP contribution in [0.15, 0.2) is 18.3 Å². The van der Waals surface area contributed by atoms with E-state index in [0.29, 0.717) is 5.15 Å². The minimum Gasteiger partial charge on any atom is -0.316 e. The molecule has 0 aromatic carbocycles. The molecule has 0 spiro atoms. The second-order valence-corrected chi connectivity index (χ2v) is 3.94. The van der Waals surface area contributed by atoms with Crippen LogP contribution in [0.4, 0.5) is 0 Å². The number of halogens is 1. The zero-order chi connectivity index (χ0) is 9.10. The summed E-state index contributed by atoms with van der Waals surface area (Å²) in [6.07, 6.45) is 4.28. The van der Waals surface area contributed by atoms with Gasteiger partial charge in [-0.15, -0.1) is 0 Å². The van der Waals surface area contributed by atoms with Gasteiger partial charge in [-0.05, 0) is 43.5 Å². The molecule has 1 saturated heterocycles.